The van der Waals surface area contributed by atoms with Crippen LogP contribution >= 0.6 is 11.3 Å². The third-order valence-electron chi connectivity index (χ3n) is 7.03. The zero-order valence-electron chi connectivity index (χ0n) is 19.8. The van der Waals surface area contributed by atoms with E-state index in [2.05, 4.69) is 63.6 Å². The Kier molecular flexibility index (Phi) is 6.00. The van der Waals surface area contributed by atoms with Gasteiger partial charge in [0.15, 0.2) is 0 Å². The first-order valence-electron chi connectivity index (χ1n) is 12.1. The van der Waals surface area contributed by atoms with E-state index in [9.17, 15) is 0 Å². The van der Waals surface area contributed by atoms with Crippen molar-refractivity contribution in [2.24, 2.45) is 0 Å². The van der Waals surface area contributed by atoms with Gasteiger partial charge in [0.05, 0.1) is 0 Å². The highest BCUT2D eigenvalue weighted by molar-refractivity contribution is 7.19. The smallest absolute Gasteiger partial charge is 0.150 e. The average molecular weight is 478 g/mol. The summed E-state index contributed by atoms with van der Waals surface area (Å²) in [6, 6.07) is 14.9. The summed E-state index contributed by atoms with van der Waals surface area (Å²) in [5.74, 6) is 1.32. The number of hydrogen-bond acceptors (Lipinski definition) is 6. The average Bonchev–Trinajstić information content (AvgIpc) is 3.43. The van der Waals surface area contributed by atoms with Crippen LogP contribution < -0.4 is 10.8 Å². The van der Waals surface area contributed by atoms with Gasteiger partial charge in [0.1, 0.15) is 19.3 Å². The minimum absolute atomic E-state index is 0.410. The van der Waals surface area contributed by atoms with Gasteiger partial charge in [-0.25, -0.2) is 4.98 Å². The molecule has 35 heavy (non-hydrogen) atoms. The third kappa shape index (κ3) is 4.44. The topological polar surface area (TPSA) is 58.4 Å². The highest BCUT2D eigenvalue weighted by atomic mass is 32.1. The molecule has 1 fully saturated rings. The minimum Gasteiger partial charge on any atom is -0.366 e. The Morgan fingerprint density at radius 1 is 1.11 bits per heavy atom. The van der Waals surface area contributed by atoms with E-state index >= 15 is 0 Å². The van der Waals surface area contributed by atoms with Crippen LogP contribution in [0.5, 0.6) is 0 Å². The molecule has 0 aliphatic carbocycles. The summed E-state index contributed by atoms with van der Waals surface area (Å²) in [6.45, 7) is 6.09. The predicted molar refractivity (Wildman–Crippen MR) is 144 cm³/mol. The van der Waals surface area contributed by atoms with E-state index in [-0.39, 0.29) is 0 Å². The van der Waals surface area contributed by atoms with Gasteiger partial charge in [-0.15, -0.1) is 11.3 Å². The number of thiophene rings is 1. The molecule has 1 aliphatic rings. The molecule has 1 aromatic carbocycles. The normalized spacial score (nSPS) is 15.2. The molecular weight excluding hydrogens is 451 g/mol. The van der Waals surface area contributed by atoms with E-state index in [1.165, 1.54) is 20.5 Å². The number of aryl methyl sites for hydroxylation is 1. The van der Waals surface area contributed by atoms with Crippen LogP contribution in [0.2, 0.25) is 0 Å². The second-order valence-corrected chi connectivity index (χ2v) is 10.4. The monoisotopic (exact) mass is 478 g/mol. The summed E-state index contributed by atoms with van der Waals surface area (Å²) in [7, 11) is 6.21. The van der Waals surface area contributed by atoms with Gasteiger partial charge in [0.25, 0.3) is 0 Å². The van der Waals surface area contributed by atoms with Crippen molar-refractivity contribution in [1.29, 1.82) is 0 Å². The van der Waals surface area contributed by atoms with Gasteiger partial charge in [-0.1, -0.05) is 24.3 Å². The lowest BCUT2D eigenvalue weighted by molar-refractivity contribution is 0.204. The van der Waals surface area contributed by atoms with E-state index in [4.69, 9.17) is 12.8 Å². The predicted octanol–water partition coefficient (Wildman–Crippen LogP) is 4.43. The first kappa shape index (κ1) is 22.3. The van der Waals surface area contributed by atoms with Gasteiger partial charge in [-0.05, 0) is 67.0 Å². The molecule has 0 saturated carbocycles. The summed E-state index contributed by atoms with van der Waals surface area (Å²) >= 11 is 1.93. The van der Waals surface area contributed by atoms with Gasteiger partial charge in [0.2, 0.25) is 0 Å². The van der Waals surface area contributed by atoms with E-state index in [1.54, 1.807) is 16.9 Å². The second-order valence-electron chi connectivity index (χ2n) is 9.31. The number of nitrogens with zero attached hydrogens (tertiary/aromatic N) is 5. The Morgan fingerprint density at radius 3 is 2.77 bits per heavy atom. The largest absolute Gasteiger partial charge is 0.366 e. The van der Waals surface area contributed by atoms with Crippen LogP contribution in [0.15, 0.2) is 61.1 Å². The zero-order valence-corrected chi connectivity index (χ0v) is 20.6. The Balaban J connectivity index is 1.18. The van der Waals surface area contributed by atoms with Gasteiger partial charge >= 0.3 is 0 Å². The second kappa shape index (κ2) is 9.43. The molecule has 2 radical (unpaired) electrons. The first-order chi connectivity index (χ1) is 17.2. The van der Waals surface area contributed by atoms with Crippen LogP contribution in [-0.4, -0.2) is 45.4 Å². The van der Waals surface area contributed by atoms with Crippen molar-refractivity contribution < 1.29 is 0 Å². The number of aromatic nitrogens is 4. The number of nitrogens with one attached hydrogen (secondary N) is 1. The van der Waals surface area contributed by atoms with Crippen molar-refractivity contribution in [2.45, 2.75) is 38.8 Å². The fourth-order valence-corrected chi connectivity index (χ4v) is 6.25. The van der Waals surface area contributed by atoms with E-state index in [1.807, 2.05) is 23.6 Å². The Labute approximate surface area is 210 Å². The molecular formula is C27H27BN6S. The summed E-state index contributed by atoms with van der Waals surface area (Å²) in [5, 5.41) is 9.35. The lowest BCUT2D eigenvalue weighted by atomic mass is 9.92. The van der Waals surface area contributed by atoms with Crippen molar-refractivity contribution in [2.75, 3.05) is 18.4 Å². The minimum atomic E-state index is 0.410. The maximum Gasteiger partial charge on any atom is 0.150 e. The summed E-state index contributed by atoms with van der Waals surface area (Å²) < 4.78 is 3.19. The zero-order chi connectivity index (χ0) is 23.8. The molecule has 4 aromatic heterocycles. The van der Waals surface area contributed by atoms with Gasteiger partial charge in [-0.2, -0.15) is 9.61 Å². The number of anilines is 1. The van der Waals surface area contributed by atoms with Gasteiger partial charge in [-0.3, -0.25) is 9.88 Å². The van der Waals surface area contributed by atoms with Crippen LogP contribution in [0.25, 0.3) is 15.7 Å². The van der Waals surface area contributed by atoms with Gasteiger partial charge < -0.3 is 5.32 Å². The van der Waals surface area contributed by atoms with Crippen molar-refractivity contribution in [3.05, 3.63) is 82.8 Å². The Morgan fingerprint density at radius 2 is 1.97 bits per heavy atom. The number of benzene rings is 1. The Hall–Kier alpha value is -3.23. The molecule has 1 N–H and O–H groups in total. The number of rotatable bonds is 6. The van der Waals surface area contributed by atoms with Crippen LogP contribution in [0, 0.1) is 6.92 Å². The lowest BCUT2D eigenvalue weighted by Crippen LogP contribution is -2.32. The van der Waals surface area contributed by atoms with Crippen LogP contribution in [0.3, 0.4) is 0 Å². The number of fused-ring (bicyclic) bond motifs is 2. The van der Waals surface area contributed by atoms with Crippen molar-refractivity contribution >= 4 is 46.2 Å². The SMILES string of the molecule is [B]c1cnn2c(NCc3cccnc3)cc(C3CCN(Cc4sc5ccccc5c4C)CC3)nc12. The molecule has 6 nitrogen and oxygen atoms in total. The molecule has 0 unspecified atom stereocenters. The van der Waals surface area contributed by atoms with Crippen molar-refractivity contribution in [1.82, 2.24) is 24.5 Å². The summed E-state index contributed by atoms with van der Waals surface area (Å²) in [5.41, 5.74) is 4.97. The fourth-order valence-electron chi connectivity index (χ4n) is 4.99. The molecule has 0 amide bonds. The Bertz CT molecular complexity index is 1470. The van der Waals surface area contributed by atoms with E-state index in [0.29, 0.717) is 17.9 Å². The highest BCUT2D eigenvalue weighted by Crippen LogP contribution is 2.34. The maximum atomic E-state index is 6.21. The van der Waals surface area contributed by atoms with Crippen molar-refractivity contribution in [3.63, 3.8) is 0 Å². The molecule has 0 atom stereocenters. The van der Waals surface area contributed by atoms with Crippen LogP contribution in [-0.2, 0) is 13.1 Å². The number of piperidine rings is 1. The van der Waals surface area contributed by atoms with E-state index in [0.717, 1.165) is 55.2 Å². The lowest BCUT2D eigenvalue weighted by Gasteiger charge is -2.31. The number of likely N-dealkylation sites (tertiary alicyclic amines) is 1. The van der Waals surface area contributed by atoms with E-state index < -0.39 is 0 Å². The quantitative estimate of drug-likeness (QED) is 0.366. The maximum absolute atomic E-state index is 6.21. The molecule has 8 heteroatoms. The van der Waals surface area contributed by atoms with Gasteiger partial charge in [0, 0.05) is 58.9 Å². The first-order valence-corrected chi connectivity index (χ1v) is 12.9. The molecule has 1 saturated heterocycles. The highest BCUT2D eigenvalue weighted by Gasteiger charge is 2.24. The number of hydrogen-bond donors (Lipinski definition) is 1. The van der Waals surface area contributed by atoms with Crippen LogP contribution in [0.1, 0.15) is 40.5 Å². The summed E-state index contributed by atoms with van der Waals surface area (Å²) in [6.07, 6.45) is 7.51. The molecule has 5 aromatic rings. The van der Waals surface area contributed by atoms with Crippen molar-refractivity contribution in [3.8, 4) is 0 Å². The molecule has 1 aliphatic heterocycles. The van der Waals surface area contributed by atoms with Crippen LogP contribution in [0.4, 0.5) is 5.82 Å². The number of pyridine rings is 1. The third-order valence-corrected chi connectivity index (χ3v) is 8.29. The fraction of sp³-hybridized carbons (Fsp3) is 0.296. The molecule has 6 rings (SSSR count). The summed E-state index contributed by atoms with van der Waals surface area (Å²) in [4.78, 5) is 13.2. The standard InChI is InChI=1S/C27H27BN6S/c1-18-21-6-2-3-7-24(21)35-25(18)17-33-11-8-20(9-12-33)23-13-26(30-15-19-5-4-10-29-14-19)34-27(32-23)22(28)16-31-34/h2-7,10,13-14,16,20,30H,8-9,11-12,15,17H2,1H3. The molecule has 5 heterocycles. The molecule has 0 spiro atoms. The molecule has 174 valence electrons. The molecule has 0 bridgehead atoms.